The summed E-state index contributed by atoms with van der Waals surface area (Å²) in [6.45, 7) is 8.59. The van der Waals surface area contributed by atoms with Crippen LogP contribution in [0, 0.1) is 5.92 Å². The van der Waals surface area contributed by atoms with Crippen molar-refractivity contribution in [3.8, 4) is 0 Å². The van der Waals surface area contributed by atoms with E-state index >= 15 is 0 Å². The van der Waals surface area contributed by atoms with E-state index < -0.39 is 0 Å². The number of rotatable bonds is 7. The summed E-state index contributed by atoms with van der Waals surface area (Å²) >= 11 is 1.96. The Bertz CT molecular complexity index is 145. The van der Waals surface area contributed by atoms with Crippen LogP contribution in [0.3, 0.4) is 0 Å². The molecule has 0 radical (unpaired) electrons. The zero-order chi connectivity index (χ0) is 10.9. The van der Waals surface area contributed by atoms with Gasteiger partial charge in [-0.15, -0.1) is 0 Å². The van der Waals surface area contributed by atoms with Crippen molar-refractivity contribution in [1.82, 2.24) is 10.2 Å². The highest BCUT2D eigenvalue weighted by Crippen LogP contribution is 2.16. The van der Waals surface area contributed by atoms with Gasteiger partial charge in [0, 0.05) is 12.3 Å². The van der Waals surface area contributed by atoms with Gasteiger partial charge in [-0.05, 0) is 57.6 Å². The molecule has 90 valence electrons. The molecule has 1 heterocycles. The number of hydrogen-bond acceptors (Lipinski definition) is 3. The molecule has 3 heteroatoms. The Morgan fingerprint density at radius 3 is 2.67 bits per heavy atom. The molecule has 0 bridgehead atoms. The summed E-state index contributed by atoms with van der Waals surface area (Å²) in [5, 5.41) is 3.54. The molecule has 0 atom stereocenters. The summed E-state index contributed by atoms with van der Waals surface area (Å²) in [6, 6.07) is 0. The van der Waals surface area contributed by atoms with Gasteiger partial charge in [-0.3, -0.25) is 0 Å². The first-order chi connectivity index (χ1) is 7.36. The first kappa shape index (κ1) is 13.3. The van der Waals surface area contributed by atoms with Crippen LogP contribution in [0.2, 0.25) is 0 Å². The molecule has 0 aromatic rings. The van der Waals surface area contributed by atoms with Gasteiger partial charge < -0.3 is 10.2 Å². The molecule has 1 N–H and O–H groups in total. The fourth-order valence-corrected chi connectivity index (χ4v) is 2.56. The Labute approximate surface area is 99.2 Å². The van der Waals surface area contributed by atoms with E-state index in [9.17, 15) is 0 Å². The fraction of sp³-hybridized carbons (Fsp3) is 1.00. The summed E-state index contributed by atoms with van der Waals surface area (Å²) in [6.07, 6.45) is 6.24. The van der Waals surface area contributed by atoms with Gasteiger partial charge in [0.15, 0.2) is 0 Å². The van der Waals surface area contributed by atoms with Crippen LogP contribution in [-0.4, -0.2) is 49.6 Å². The van der Waals surface area contributed by atoms with E-state index in [1.807, 2.05) is 11.8 Å². The minimum Gasteiger partial charge on any atom is -0.316 e. The average molecular weight is 230 g/mol. The highest BCUT2D eigenvalue weighted by atomic mass is 32.2. The molecule has 0 unspecified atom stereocenters. The van der Waals surface area contributed by atoms with Crippen molar-refractivity contribution < 1.29 is 0 Å². The molecule has 0 aromatic carbocycles. The number of thioether (sulfide) groups is 1. The lowest BCUT2D eigenvalue weighted by Crippen LogP contribution is -2.38. The SMILES string of the molecule is CCCNCC1CCN(CCSC)CC1. The number of hydrogen-bond donors (Lipinski definition) is 1. The Balaban J connectivity index is 2.02. The van der Waals surface area contributed by atoms with E-state index in [-0.39, 0.29) is 0 Å². The number of nitrogens with zero attached hydrogens (tertiary/aromatic N) is 1. The molecule has 15 heavy (non-hydrogen) atoms. The third kappa shape index (κ3) is 5.79. The lowest BCUT2D eigenvalue weighted by atomic mass is 9.97. The highest BCUT2D eigenvalue weighted by molar-refractivity contribution is 7.98. The van der Waals surface area contributed by atoms with Gasteiger partial charge in [0.05, 0.1) is 0 Å². The van der Waals surface area contributed by atoms with Crippen molar-refractivity contribution in [3.63, 3.8) is 0 Å². The Morgan fingerprint density at radius 2 is 2.07 bits per heavy atom. The van der Waals surface area contributed by atoms with Crippen LogP contribution < -0.4 is 5.32 Å². The molecule has 1 fully saturated rings. The van der Waals surface area contributed by atoms with E-state index in [0.717, 1.165) is 5.92 Å². The van der Waals surface area contributed by atoms with Crippen molar-refractivity contribution in [2.75, 3.05) is 44.7 Å². The maximum absolute atomic E-state index is 3.54. The third-order valence-electron chi connectivity index (χ3n) is 3.18. The van der Waals surface area contributed by atoms with Crippen molar-refractivity contribution in [2.24, 2.45) is 5.92 Å². The lowest BCUT2D eigenvalue weighted by molar-refractivity contribution is 0.191. The van der Waals surface area contributed by atoms with Gasteiger partial charge in [-0.2, -0.15) is 11.8 Å². The molecule has 1 aliphatic heterocycles. The fourth-order valence-electron chi connectivity index (χ4n) is 2.12. The van der Waals surface area contributed by atoms with E-state index in [2.05, 4.69) is 23.4 Å². The van der Waals surface area contributed by atoms with Gasteiger partial charge in [0.25, 0.3) is 0 Å². The maximum Gasteiger partial charge on any atom is 0.00722 e. The zero-order valence-electron chi connectivity index (χ0n) is 10.3. The molecule has 1 rings (SSSR count). The van der Waals surface area contributed by atoms with E-state index in [4.69, 9.17) is 0 Å². The van der Waals surface area contributed by atoms with Crippen LogP contribution in [0.25, 0.3) is 0 Å². The predicted octanol–water partition coefficient (Wildman–Crippen LogP) is 2.06. The smallest absolute Gasteiger partial charge is 0.00722 e. The summed E-state index contributed by atoms with van der Waals surface area (Å²) in [4.78, 5) is 2.62. The second-order valence-electron chi connectivity index (χ2n) is 4.48. The van der Waals surface area contributed by atoms with Gasteiger partial charge in [0.2, 0.25) is 0 Å². The van der Waals surface area contributed by atoms with Gasteiger partial charge >= 0.3 is 0 Å². The van der Waals surface area contributed by atoms with Gasteiger partial charge in [-0.1, -0.05) is 6.92 Å². The molecule has 1 aliphatic rings. The van der Waals surface area contributed by atoms with Crippen LogP contribution in [0.15, 0.2) is 0 Å². The standard InChI is InChI=1S/C12H26N2S/c1-3-6-13-11-12-4-7-14(8-5-12)9-10-15-2/h12-13H,3-11H2,1-2H3. The first-order valence-corrected chi connectivity index (χ1v) is 7.68. The second kappa shape index (κ2) is 8.43. The van der Waals surface area contributed by atoms with E-state index in [0.29, 0.717) is 0 Å². The molecular weight excluding hydrogens is 204 g/mol. The van der Waals surface area contributed by atoms with E-state index in [1.165, 1.54) is 57.7 Å². The number of piperidine rings is 1. The van der Waals surface area contributed by atoms with Crippen molar-refractivity contribution in [1.29, 1.82) is 0 Å². The average Bonchev–Trinajstić information content (AvgIpc) is 2.28. The second-order valence-corrected chi connectivity index (χ2v) is 5.47. The predicted molar refractivity (Wildman–Crippen MR) is 70.7 cm³/mol. The molecule has 0 saturated carbocycles. The van der Waals surface area contributed by atoms with Crippen molar-refractivity contribution >= 4 is 11.8 Å². The highest BCUT2D eigenvalue weighted by Gasteiger charge is 2.17. The maximum atomic E-state index is 3.54. The molecule has 0 amide bonds. The zero-order valence-corrected chi connectivity index (χ0v) is 11.1. The van der Waals surface area contributed by atoms with Crippen LogP contribution >= 0.6 is 11.8 Å². The summed E-state index contributed by atoms with van der Waals surface area (Å²) in [7, 11) is 0. The normalized spacial score (nSPS) is 19.6. The molecule has 0 aliphatic carbocycles. The Hall–Kier alpha value is 0.270. The summed E-state index contributed by atoms with van der Waals surface area (Å²) in [5.41, 5.74) is 0. The quantitative estimate of drug-likeness (QED) is 0.674. The first-order valence-electron chi connectivity index (χ1n) is 6.28. The van der Waals surface area contributed by atoms with Crippen LogP contribution in [-0.2, 0) is 0 Å². The number of nitrogens with one attached hydrogen (secondary N) is 1. The van der Waals surface area contributed by atoms with Gasteiger partial charge in [-0.25, -0.2) is 0 Å². The minimum absolute atomic E-state index is 0.932. The van der Waals surface area contributed by atoms with Crippen LogP contribution in [0.1, 0.15) is 26.2 Å². The Morgan fingerprint density at radius 1 is 1.33 bits per heavy atom. The monoisotopic (exact) mass is 230 g/mol. The molecule has 0 aromatic heterocycles. The molecule has 0 spiro atoms. The van der Waals surface area contributed by atoms with Crippen molar-refractivity contribution in [2.45, 2.75) is 26.2 Å². The summed E-state index contributed by atoms with van der Waals surface area (Å²) < 4.78 is 0. The van der Waals surface area contributed by atoms with Gasteiger partial charge in [0.1, 0.15) is 0 Å². The molecular formula is C12H26N2S. The third-order valence-corrected chi connectivity index (χ3v) is 3.77. The van der Waals surface area contributed by atoms with Crippen LogP contribution in [0.5, 0.6) is 0 Å². The topological polar surface area (TPSA) is 15.3 Å². The minimum atomic E-state index is 0.932. The molecule has 1 saturated heterocycles. The summed E-state index contributed by atoms with van der Waals surface area (Å²) in [5.74, 6) is 2.22. The molecule has 2 nitrogen and oxygen atoms in total. The Kier molecular flexibility index (Phi) is 7.49. The van der Waals surface area contributed by atoms with E-state index in [1.54, 1.807) is 0 Å². The lowest BCUT2D eigenvalue weighted by Gasteiger charge is -2.31. The largest absolute Gasteiger partial charge is 0.316 e. The number of likely N-dealkylation sites (tertiary alicyclic amines) is 1. The van der Waals surface area contributed by atoms with Crippen LogP contribution in [0.4, 0.5) is 0 Å². The van der Waals surface area contributed by atoms with Crippen molar-refractivity contribution in [3.05, 3.63) is 0 Å².